The molecule has 1 aromatic rings. The first kappa shape index (κ1) is 17.8. The van der Waals surface area contributed by atoms with E-state index in [9.17, 15) is 4.79 Å². The lowest BCUT2D eigenvalue weighted by molar-refractivity contribution is -0.120. The molecule has 5 heteroatoms. The molecule has 0 saturated heterocycles. The number of halogens is 1. The van der Waals surface area contributed by atoms with Crippen LogP contribution in [0.25, 0.3) is 0 Å². The van der Waals surface area contributed by atoms with E-state index in [-0.39, 0.29) is 30.3 Å². The quantitative estimate of drug-likeness (QED) is 0.876. The van der Waals surface area contributed by atoms with E-state index < -0.39 is 0 Å². The van der Waals surface area contributed by atoms with Gasteiger partial charge >= 0.3 is 0 Å². The molecule has 1 fully saturated rings. The molecular weight excluding hydrogens is 288 g/mol. The zero-order valence-electron chi connectivity index (χ0n) is 12.5. The molecule has 1 aliphatic carbocycles. The maximum atomic E-state index is 12.3. The van der Waals surface area contributed by atoms with Crippen LogP contribution in [0.2, 0.25) is 0 Å². The summed E-state index contributed by atoms with van der Waals surface area (Å²) in [6.45, 7) is 2.71. The second-order valence-corrected chi connectivity index (χ2v) is 5.46. The highest BCUT2D eigenvalue weighted by Crippen LogP contribution is 2.28. The lowest BCUT2D eigenvalue weighted by Crippen LogP contribution is -2.34. The molecular formula is C16H25ClN2O2. The van der Waals surface area contributed by atoms with Gasteiger partial charge in [-0.25, -0.2) is 0 Å². The van der Waals surface area contributed by atoms with Gasteiger partial charge in [-0.05, 0) is 37.8 Å². The fourth-order valence-corrected chi connectivity index (χ4v) is 2.61. The predicted molar refractivity (Wildman–Crippen MR) is 88.0 cm³/mol. The number of nitrogens with two attached hydrogens (primary N) is 1. The summed E-state index contributed by atoms with van der Waals surface area (Å²) in [5, 5.41) is 2.99. The van der Waals surface area contributed by atoms with E-state index in [1.54, 1.807) is 0 Å². The van der Waals surface area contributed by atoms with E-state index in [0.29, 0.717) is 6.61 Å². The Morgan fingerprint density at radius 3 is 2.86 bits per heavy atom. The van der Waals surface area contributed by atoms with Crippen LogP contribution >= 0.6 is 12.4 Å². The molecule has 0 radical (unpaired) electrons. The minimum absolute atomic E-state index is 0. The summed E-state index contributed by atoms with van der Waals surface area (Å²) in [7, 11) is 0. The Labute approximate surface area is 132 Å². The Kier molecular flexibility index (Phi) is 7.54. The molecule has 4 nitrogen and oxygen atoms in total. The van der Waals surface area contributed by atoms with E-state index in [0.717, 1.165) is 43.5 Å². The van der Waals surface area contributed by atoms with Crippen LogP contribution in [0.1, 0.15) is 39.0 Å². The molecule has 1 aliphatic rings. The largest absolute Gasteiger partial charge is 0.491 e. The van der Waals surface area contributed by atoms with Gasteiger partial charge in [0.05, 0.1) is 12.3 Å². The van der Waals surface area contributed by atoms with Gasteiger partial charge in [0.2, 0.25) is 5.91 Å². The van der Waals surface area contributed by atoms with Gasteiger partial charge in [-0.2, -0.15) is 0 Å². The monoisotopic (exact) mass is 312 g/mol. The minimum atomic E-state index is 0. The van der Waals surface area contributed by atoms with E-state index in [1.165, 1.54) is 0 Å². The molecule has 3 N–H and O–H groups in total. The van der Waals surface area contributed by atoms with Crippen molar-refractivity contribution < 1.29 is 9.53 Å². The van der Waals surface area contributed by atoms with Crippen LogP contribution in [0.3, 0.4) is 0 Å². The lowest BCUT2D eigenvalue weighted by atomic mass is 9.85. The van der Waals surface area contributed by atoms with Crippen LogP contribution in [-0.2, 0) is 4.79 Å². The van der Waals surface area contributed by atoms with Crippen LogP contribution in [0, 0.1) is 5.92 Å². The van der Waals surface area contributed by atoms with Crippen LogP contribution in [0.15, 0.2) is 24.3 Å². The molecule has 1 amide bonds. The standard InChI is InChI=1S/C16H24N2O2.ClH/c1-2-10-20-15-9-4-3-8-14(15)18-16(19)12-6-5-7-13(17)11-12;/h3-4,8-9,12-13H,2,5-7,10-11,17H2,1H3,(H,18,19);1H. The van der Waals surface area contributed by atoms with E-state index in [2.05, 4.69) is 12.2 Å². The molecule has 21 heavy (non-hydrogen) atoms. The molecule has 0 spiro atoms. The number of amides is 1. The van der Waals surface area contributed by atoms with Crippen molar-refractivity contribution in [2.75, 3.05) is 11.9 Å². The van der Waals surface area contributed by atoms with Gasteiger partial charge in [-0.1, -0.05) is 25.5 Å². The number of rotatable bonds is 5. The molecule has 118 valence electrons. The van der Waals surface area contributed by atoms with Crippen molar-refractivity contribution in [1.82, 2.24) is 0 Å². The number of ether oxygens (including phenoxy) is 1. The fourth-order valence-electron chi connectivity index (χ4n) is 2.61. The number of para-hydroxylation sites is 2. The third kappa shape index (κ3) is 5.21. The fraction of sp³-hybridized carbons (Fsp3) is 0.562. The number of hydrogen-bond acceptors (Lipinski definition) is 3. The number of hydrogen-bond donors (Lipinski definition) is 2. The van der Waals surface area contributed by atoms with Crippen molar-refractivity contribution in [3.05, 3.63) is 24.3 Å². The smallest absolute Gasteiger partial charge is 0.227 e. The Balaban J connectivity index is 0.00000220. The first-order chi connectivity index (χ1) is 9.70. The molecule has 1 saturated carbocycles. The topological polar surface area (TPSA) is 64.3 Å². The second-order valence-electron chi connectivity index (χ2n) is 5.46. The maximum absolute atomic E-state index is 12.3. The lowest BCUT2D eigenvalue weighted by Gasteiger charge is -2.26. The highest BCUT2D eigenvalue weighted by molar-refractivity contribution is 5.94. The Bertz CT molecular complexity index is 454. The molecule has 0 aromatic heterocycles. The third-order valence-corrected chi connectivity index (χ3v) is 3.69. The molecule has 2 atom stereocenters. The molecule has 2 rings (SSSR count). The Morgan fingerprint density at radius 1 is 1.38 bits per heavy atom. The minimum Gasteiger partial charge on any atom is -0.491 e. The van der Waals surface area contributed by atoms with Gasteiger partial charge in [0.1, 0.15) is 5.75 Å². The summed E-state index contributed by atoms with van der Waals surface area (Å²) < 4.78 is 5.66. The highest BCUT2D eigenvalue weighted by Gasteiger charge is 2.25. The number of carbonyl (C=O) groups is 1. The van der Waals surface area contributed by atoms with E-state index >= 15 is 0 Å². The van der Waals surface area contributed by atoms with Crippen molar-refractivity contribution in [2.45, 2.75) is 45.1 Å². The average molecular weight is 313 g/mol. The Morgan fingerprint density at radius 2 is 2.14 bits per heavy atom. The van der Waals surface area contributed by atoms with Crippen molar-refractivity contribution in [3.63, 3.8) is 0 Å². The number of benzene rings is 1. The van der Waals surface area contributed by atoms with Gasteiger partial charge in [-0.15, -0.1) is 12.4 Å². The van der Waals surface area contributed by atoms with Crippen molar-refractivity contribution in [1.29, 1.82) is 0 Å². The van der Waals surface area contributed by atoms with Crippen LogP contribution < -0.4 is 15.8 Å². The summed E-state index contributed by atoms with van der Waals surface area (Å²) in [4.78, 5) is 12.3. The summed E-state index contributed by atoms with van der Waals surface area (Å²) in [5.74, 6) is 0.827. The first-order valence-corrected chi connectivity index (χ1v) is 7.49. The summed E-state index contributed by atoms with van der Waals surface area (Å²) in [5.41, 5.74) is 6.70. The predicted octanol–water partition coefficient (Wildman–Crippen LogP) is 3.35. The average Bonchev–Trinajstić information content (AvgIpc) is 2.46. The molecule has 0 heterocycles. The Hall–Kier alpha value is -1.26. The van der Waals surface area contributed by atoms with E-state index in [4.69, 9.17) is 10.5 Å². The first-order valence-electron chi connectivity index (χ1n) is 7.49. The number of carbonyl (C=O) groups excluding carboxylic acids is 1. The van der Waals surface area contributed by atoms with Crippen LogP contribution in [0.4, 0.5) is 5.69 Å². The molecule has 0 aliphatic heterocycles. The summed E-state index contributed by atoms with van der Waals surface area (Å²) in [6.07, 6.45) is 4.72. The van der Waals surface area contributed by atoms with Crippen molar-refractivity contribution in [3.8, 4) is 5.75 Å². The molecule has 2 unspecified atom stereocenters. The summed E-state index contributed by atoms with van der Waals surface area (Å²) >= 11 is 0. The van der Waals surface area contributed by atoms with Gasteiger partial charge in [0.15, 0.2) is 0 Å². The van der Waals surface area contributed by atoms with Gasteiger partial charge in [0, 0.05) is 12.0 Å². The van der Waals surface area contributed by atoms with Crippen molar-refractivity contribution in [2.24, 2.45) is 11.7 Å². The number of anilines is 1. The van der Waals surface area contributed by atoms with Gasteiger partial charge in [0.25, 0.3) is 0 Å². The van der Waals surface area contributed by atoms with Gasteiger partial charge in [-0.3, -0.25) is 4.79 Å². The highest BCUT2D eigenvalue weighted by atomic mass is 35.5. The zero-order chi connectivity index (χ0) is 14.4. The second kappa shape index (κ2) is 8.90. The molecule has 0 bridgehead atoms. The SMILES string of the molecule is CCCOc1ccccc1NC(=O)C1CCCC(N)C1.Cl. The van der Waals surface area contributed by atoms with E-state index in [1.807, 2.05) is 24.3 Å². The summed E-state index contributed by atoms with van der Waals surface area (Å²) in [6, 6.07) is 7.74. The third-order valence-electron chi connectivity index (χ3n) is 3.69. The number of nitrogens with one attached hydrogen (secondary N) is 1. The molecule has 1 aromatic carbocycles. The van der Waals surface area contributed by atoms with Gasteiger partial charge < -0.3 is 15.8 Å². The zero-order valence-corrected chi connectivity index (χ0v) is 13.3. The normalized spacial score (nSPS) is 21.2. The maximum Gasteiger partial charge on any atom is 0.227 e. The van der Waals surface area contributed by atoms with Crippen molar-refractivity contribution >= 4 is 24.0 Å². The van der Waals surface area contributed by atoms with Crippen LogP contribution in [0.5, 0.6) is 5.75 Å². The van der Waals surface area contributed by atoms with Crippen LogP contribution in [-0.4, -0.2) is 18.6 Å².